The van der Waals surface area contributed by atoms with Crippen LogP contribution in [0.4, 0.5) is 16.0 Å². The van der Waals surface area contributed by atoms with Crippen molar-refractivity contribution in [3.63, 3.8) is 0 Å². The Bertz CT molecular complexity index is 1070. The number of nitrogens with zero attached hydrogens (tertiary/aromatic N) is 4. The van der Waals surface area contributed by atoms with Gasteiger partial charge in [0.25, 0.3) is 0 Å². The van der Waals surface area contributed by atoms with Crippen LogP contribution in [0, 0.1) is 11.7 Å². The van der Waals surface area contributed by atoms with Gasteiger partial charge in [-0.25, -0.2) is 14.4 Å². The van der Waals surface area contributed by atoms with Gasteiger partial charge in [-0.1, -0.05) is 12.1 Å². The van der Waals surface area contributed by atoms with Crippen molar-refractivity contribution in [2.75, 3.05) is 49.2 Å². The van der Waals surface area contributed by atoms with E-state index in [1.165, 1.54) is 12.1 Å². The molecule has 0 amide bonds. The number of ketones is 1. The Morgan fingerprint density at radius 2 is 1.39 bits per heavy atom. The lowest BCUT2D eigenvalue weighted by Crippen LogP contribution is -2.41. The number of hydrogen-bond donors (Lipinski definition) is 0. The molecule has 0 unspecified atom stereocenters. The number of hydrogen-bond acceptors (Lipinski definition) is 6. The SMILES string of the molecule is O=C(c1ccc(F)cc1)C1CCN(c2nc3ccccc3nc2N2CCOCC2)CC1. The first-order valence-electron chi connectivity index (χ1n) is 10.8. The molecule has 3 heterocycles. The Balaban J connectivity index is 1.38. The normalized spacial score (nSPS) is 17.8. The van der Waals surface area contributed by atoms with Crippen LogP contribution in [0.2, 0.25) is 0 Å². The Labute approximate surface area is 180 Å². The van der Waals surface area contributed by atoms with Crippen LogP contribution in [0.5, 0.6) is 0 Å². The van der Waals surface area contributed by atoms with Gasteiger partial charge in [-0.15, -0.1) is 0 Å². The summed E-state index contributed by atoms with van der Waals surface area (Å²) >= 11 is 0. The van der Waals surface area contributed by atoms with Gasteiger partial charge in [0.15, 0.2) is 17.4 Å². The van der Waals surface area contributed by atoms with E-state index in [0.717, 1.165) is 61.7 Å². The molecular formula is C24H25FN4O2. The fourth-order valence-corrected chi connectivity index (χ4v) is 4.38. The number of ether oxygens (including phenoxy) is 1. The second-order valence-corrected chi connectivity index (χ2v) is 8.09. The lowest BCUT2D eigenvalue weighted by molar-refractivity contribution is 0.0900. The van der Waals surface area contributed by atoms with Gasteiger partial charge < -0.3 is 14.5 Å². The van der Waals surface area contributed by atoms with Crippen LogP contribution in [0.15, 0.2) is 48.5 Å². The quantitative estimate of drug-likeness (QED) is 0.600. The molecule has 0 atom stereocenters. The molecule has 2 saturated heterocycles. The summed E-state index contributed by atoms with van der Waals surface area (Å²) in [6, 6.07) is 13.8. The van der Waals surface area contributed by atoms with Crippen LogP contribution >= 0.6 is 0 Å². The highest BCUT2D eigenvalue weighted by atomic mass is 19.1. The third kappa shape index (κ3) is 4.10. The van der Waals surface area contributed by atoms with Crippen molar-refractivity contribution in [1.29, 1.82) is 0 Å². The number of Topliss-reactive ketones (excluding diaryl/α,β-unsaturated/α-hetero) is 1. The lowest BCUT2D eigenvalue weighted by Gasteiger charge is -2.36. The summed E-state index contributed by atoms with van der Waals surface area (Å²) < 4.78 is 18.7. The van der Waals surface area contributed by atoms with E-state index >= 15 is 0 Å². The molecule has 0 radical (unpaired) electrons. The Kier molecular flexibility index (Phi) is 5.51. The molecule has 0 aliphatic carbocycles. The third-order valence-electron chi connectivity index (χ3n) is 6.14. The van der Waals surface area contributed by atoms with Crippen molar-refractivity contribution in [1.82, 2.24) is 9.97 Å². The molecule has 0 saturated carbocycles. The summed E-state index contributed by atoms with van der Waals surface area (Å²) in [5.41, 5.74) is 2.34. The number of carbonyl (C=O) groups excluding carboxylic acids is 1. The molecule has 2 aromatic carbocycles. The molecule has 2 fully saturated rings. The van der Waals surface area contributed by atoms with Crippen molar-refractivity contribution < 1.29 is 13.9 Å². The first kappa shape index (κ1) is 19.9. The maximum absolute atomic E-state index is 13.2. The maximum atomic E-state index is 13.2. The van der Waals surface area contributed by atoms with E-state index in [9.17, 15) is 9.18 Å². The number of benzene rings is 2. The molecular weight excluding hydrogens is 395 g/mol. The highest BCUT2D eigenvalue weighted by Gasteiger charge is 2.29. The van der Waals surface area contributed by atoms with Crippen molar-refractivity contribution in [2.45, 2.75) is 12.8 Å². The number of aromatic nitrogens is 2. The molecule has 160 valence electrons. The van der Waals surface area contributed by atoms with Gasteiger partial charge >= 0.3 is 0 Å². The summed E-state index contributed by atoms with van der Waals surface area (Å²) in [4.78, 5) is 27.3. The van der Waals surface area contributed by atoms with Crippen molar-refractivity contribution in [2.24, 2.45) is 5.92 Å². The van der Waals surface area contributed by atoms with Gasteiger partial charge in [0.2, 0.25) is 0 Å². The number of morpholine rings is 1. The van der Waals surface area contributed by atoms with Gasteiger partial charge in [-0.3, -0.25) is 4.79 Å². The Morgan fingerprint density at radius 1 is 0.839 bits per heavy atom. The van der Waals surface area contributed by atoms with Crippen LogP contribution in [-0.2, 0) is 4.74 Å². The number of halogens is 1. The number of anilines is 2. The Hall–Kier alpha value is -3.06. The fourth-order valence-electron chi connectivity index (χ4n) is 4.38. The highest BCUT2D eigenvalue weighted by Crippen LogP contribution is 2.32. The van der Waals surface area contributed by atoms with Crippen LogP contribution in [-0.4, -0.2) is 55.1 Å². The largest absolute Gasteiger partial charge is 0.378 e. The van der Waals surface area contributed by atoms with Crippen LogP contribution in [0.25, 0.3) is 11.0 Å². The van der Waals surface area contributed by atoms with Gasteiger partial charge in [-0.05, 0) is 49.2 Å². The molecule has 0 bridgehead atoms. The first-order valence-corrected chi connectivity index (χ1v) is 10.8. The number of fused-ring (bicyclic) bond motifs is 1. The van der Waals surface area contributed by atoms with Gasteiger partial charge in [0, 0.05) is 37.7 Å². The maximum Gasteiger partial charge on any atom is 0.172 e. The molecule has 0 spiro atoms. The van der Waals surface area contributed by atoms with Gasteiger partial charge in [0.05, 0.1) is 24.2 Å². The standard InChI is InChI=1S/C24H25FN4O2/c25-19-7-5-17(6-8-19)22(30)18-9-11-28(12-10-18)23-24(29-13-15-31-16-14-29)27-21-4-2-1-3-20(21)26-23/h1-8,18H,9-16H2. The molecule has 31 heavy (non-hydrogen) atoms. The number of piperidine rings is 1. The summed E-state index contributed by atoms with van der Waals surface area (Å²) in [5.74, 6) is 1.50. The smallest absolute Gasteiger partial charge is 0.172 e. The lowest BCUT2D eigenvalue weighted by atomic mass is 9.89. The second kappa shape index (κ2) is 8.59. The zero-order valence-electron chi connectivity index (χ0n) is 17.3. The van der Waals surface area contributed by atoms with E-state index in [1.54, 1.807) is 12.1 Å². The predicted molar refractivity (Wildman–Crippen MR) is 118 cm³/mol. The summed E-state index contributed by atoms with van der Waals surface area (Å²) in [5, 5.41) is 0. The molecule has 5 rings (SSSR count). The van der Waals surface area contributed by atoms with E-state index < -0.39 is 0 Å². The summed E-state index contributed by atoms with van der Waals surface area (Å²) in [7, 11) is 0. The van der Waals surface area contributed by atoms with Gasteiger partial charge in [-0.2, -0.15) is 0 Å². The molecule has 2 aliphatic heterocycles. The zero-order valence-corrected chi connectivity index (χ0v) is 17.3. The van der Waals surface area contributed by atoms with E-state index in [2.05, 4.69) is 9.80 Å². The summed E-state index contributed by atoms with van der Waals surface area (Å²) in [6.45, 7) is 4.42. The fraction of sp³-hybridized carbons (Fsp3) is 0.375. The number of para-hydroxylation sites is 2. The van der Waals surface area contributed by atoms with Crippen LogP contribution < -0.4 is 9.80 Å². The summed E-state index contributed by atoms with van der Waals surface area (Å²) in [6.07, 6.45) is 1.49. The topological polar surface area (TPSA) is 58.6 Å². The van der Waals surface area contributed by atoms with Crippen molar-refractivity contribution >= 4 is 28.5 Å². The molecule has 0 N–H and O–H groups in total. The first-order chi connectivity index (χ1) is 15.2. The number of carbonyl (C=O) groups is 1. The van der Waals surface area contributed by atoms with Crippen LogP contribution in [0.1, 0.15) is 23.2 Å². The molecule has 7 heteroatoms. The minimum absolute atomic E-state index is 0.0537. The molecule has 3 aromatic rings. The van der Waals surface area contributed by atoms with Crippen molar-refractivity contribution in [3.8, 4) is 0 Å². The van der Waals surface area contributed by atoms with E-state index in [4.69, 9.17) is 14.7 Å². The highest BCUT2D eigenvalue weighted by molar-refractivity contribution is 5.98. The molecule has 2 aliphatic rings. The van der Waals surface area contributed by atoms with E-state index in [-0.39, 0.29) is 17.5 Å². The average Bonchev–Trinajstić information content (AvgIpc) is 2.84. The predicted octanol–water partition coefficient (Wildman–Crippen LogP) is 3.70. The molecule has 6 nitrogen and oxygen atoms in total. The zero-order chi connectivity index (χ0) is 21.2. The minimum Gasteiger partial charge on any atom is -0.378 e. The molecule has 1 aromatic heterocycles. The Morgan fingerprint density at radius 3 is 1.97 bits per heavy atom. The van der Waals surface area contributed by atoms with Gasteiger partial charge in [0.1, 0.15) is 5.82 Å². The number of rotatable bonds is 4. The average molecular weight is 420 g/mol. The van der Waals surface area contributed by atoms with E-state index in [1.807, 2.05) is 24.3 Å². The third-order valence-corrected chi connectivity index (χ3v) is 6.14. The van der Waals surface area contributed by atoms with E-state index in [0.29, 0.717) is 18.8 Å². The monoisotopic (exact) mass is 420 g/mol. The van der Waals surface area contributed by atoms with Crippen LogP contribution in [0.3, 0.4) is 0 Å². The van der Waals surface area contributed by atoms with Crippen molar-refractivity contribution in [3.05, 3.63) is 59.9 Å². The second-order valence-electron chi connectivity index (χ2n) is 8.09. The minimum atomic E-state index is -0.322.